The van der Waals surface area contributed by atoms with Crippen LogP contribution in [0, 0.1) is 0 Å². The summed E-state index contributed by atoms with van der Waals surface area (Å²) < 4.78 is 0. The van der Waals surface area contributed by atoms with E-state index >= 15 is 0 Å². The van der Waals surface area contributed by atoms with Crippen LogP contribution in [0.15, 0.2) is 67.1 Å². The third-order valence-corrected chi connectivity index (χ3v) is 4.95. The quantitative estimate of drug-likeness (QED) is 0.584. The molecule has 0 saturated carbocycles. The van der Waals surface area contributed by atoms with Crippen molar-refractivity contribution in [2.24, 2.45) is 0 Å². The fraction of sp³-hybridized carbons (Fsp3) is 0.238. The van der Waals surface area contributed by atoms with Crippen LogP contribution >= 0.6 is 0 Å². The van der Waals surface area contributed by atoms with E-state index in [1.54, 1.807) is 24.5 Å². The molecule has 7 heteroatoms. The summed E-state index contributed by atoms with van der Waals surface area (Å²) in [6.07, 6.45) is 5.01. The number of carbonyl (C=O) groups excluding carboxylic acids is 2. The number of rotatable bonds is 5. The lowest BCUT2D eigenvalue weighted by atomic mass is 10.0. The first kappa shape index (κ1) is 17.9. The molecule has 2 amide bonds. The average molecular weight is 375 g/mol. The summed E-state index contributed by atoms with van der Waals surface area (Å²) in [5.41, 5.74) is 1.71. The van der Waals surface area contributed by atoms with Crippen LogP contribution in [-0.2, 0) is 9.59 Å². The Hall–Kier alpha value is -3.48. The molecule has 1 fully saturated rings. The van der Waals surface area contributed by atoms with E-state index in [2.05, 4.69) is 21.4 Å². The van der Waals surface area contributed by atoms with Crippen LogP contribution in [0.4, 0.5) is 5.95 Å². The third-order valence-electron chi connectivity index (χ3n) is 4.95. The molecular formula is C21H21N5O2. The van der Waals surface area contributed by atoms with Crippen LogP contribution in [0.1, 0.15) is 5.56 Å². The molecule has 7 nitrogen and oxygen atoms in total. The first-order chi connectivity index (χ1) is 13.7. The summed E-state index contributed by atoms with van der Waals surface area (Å²) in [7, 11) is 0. The molecular weight excluding hydrogens is 354 g/mol. The van der Waals surface area contributed by atoms with E-state index < -0.39 is 0 Å². The molecule has 3 heterocycles. The Balaban J connectivity index is 1.63. The van der Waals surface area contributed by atoms with E-state index in [0.717, 1.165) is 5.56 Å². The standard InChI is InChI=1S/C21H21N5O2/c1-2-11-26-19(27)17(16-7-4-3-5-8-16)18(20(26)28)24-12-14-25(15-13-24)21-22-9-6-10-23-21/h2-10H,1,11-15H2. The molecule has 4 rings (SSSR count). The monoisotopic (exact) mass is 375 g/mol. The van der Waals surface area contributed by atoms with Crippen molar-refractivity contribution in [3.05, 3.63) is 72.7 Å². The summed E-state index contributed by atoms with van der Waals surface area (Å²) in [6, 6.07) is 11.2. The first-order valence-corrected chi connectivity index (χ1v) is 9.24. The zero-order chi connectivity index (χ0) is 19.5. The lowest BCUT2D eigenvalue weighted by Gasteiger charge is -2.36. The molecule has 2 aromatic rings. The summed E-state index contributed by atoms with van der Waals surface area (Å²) in [4.78, 5) is 40.0. The van der Waals surface area contributed by atoms with Gasteiger partial charge in [-0.25, -0.2) is 9.97 Å². The number of carbonyl (C=O) groups is 2. The fourth-order valence-electron chi connectivity index (χ4n) is 3.60. The molecule has 0 N–H and O–H groups in total. The normalized spacial score (nSPS) is 17.5. The summed E-state index contributed by atoms with van der Waals surface area (Å²) in [5.74, 6) is 0.162. The Bertz CT molecular complexity index is 918. The minimum absolute atomic E-state index is 0.204. The van der Waals surface area contributed by atoms with Crippen molar-refractivity contribution in [3.63, 3.8) is 0 Å². The van der Waals surface area contributed by atoms with Gasteiger partial charge in [0.1, 0.15) is 5.70 Å². The number of hydrogen-bond donors (Lipinski definition) is 0. The van der Waals surface area contributed by atoms with Gasteiger partial charge in [0.25, 0.3) is 11.8 Å². The van der Waals surface area contributed by atoms with Crippen molar-refractivity contribution < 1.29 is 9.59 Å². The minimum atomic E-state index is -0.264. The Labute approximate surface area is 163 Å². The molecule has 2 aliphatic rings. The molecule has 1 aromatic heterocycles. The number of anilines is 1. The predicted octanol–water partition coefficient (Wildman–Crippen LogP) is 1.56. The highest BCUT2D eigenvalue weighted by atomic mass is 16.2. The zero-order valence-corrected chi connectivity index (χ0v) is 15.5. The number of nitrogens with zero attached hydrogens (tertiary/aromatic N) is 5. The highest BCUT2D eigenvalue weighted by Crippen LogP contribution is 2.32. The fourth-order valence-corrected chi connectivity index (χ4v) is 3.60. The Morgan fingerprint density at radius 2 is 1.54 bits per heavy atom. The van der Waals surface area contributed by atoms with Gasteiger partial charge in [-0.3, -0.25) is 14.5 Å². The maximum atomic E-state index is 13.1. The summed E-state index contributed by atoms with van der Waals surface area (Å²) >= 11 is 0. The first-order valence-electron chi connectivity index (χ1n) is 9.24. The number of imide groups is 1. The predicted molar refractivity (Wildman–Crippen MR) is 106 cm³/mol. The number of benzene rings is 1. The molecule has 142 valence electrons. The smallest absolute Gasteiger partial charge is 0.278 e. The SMILES string of the molecule is C=CCN1C(=O)C(c2ccccc2)=C(N2CCN(c3ncccn3)CC2)C1=O. The van der Waals surface area contributed by atoms with Crippen LogP contribution in [-0.4, -0.2) is 64.3 Å². The van der Waals surface area contributed by atoms with Crippen molar-refractivity contribution in [1.29, 1.82) is 0 Å². The lowest BCUT2D eigenvalue weighted by molar-refractivity contribution is -0.136. The average Bonchev–Trinajstić information content (AvgIpc) is 3.00. The van der Waals surface area contributed by atoms with E-state index in [4.69, 9.17) is 0 Å². The molecule has 1 saturated heterocycles. The topological polar surface area (TPSA) is 69.6 Å². The Kier molecular flexibility index (Phi) is 4.89. The van der Waals surface area contributed by atoms with E-state index in [1.807, 2.05) is 35.2 Å². The highest BCUT2D eigenvalue weighted by Gasteiger charge is 2.41. The van der Waals surface area contributed by atoms with Crippen molar-refractivity contribution in [1.82, 2.24) is 19.8 Å². The van der Waals surface area contributed by atoms with E-state index in [1.165, 1.54) is 4.90 Å². The van der Waals surface area contributed by atoms with E-state index in [9.17, 15) is 9.59 Å². The second-order valence-corrected chi connectivity index (χ2v) is 6.62. The molecule has 0 aliphatic carbocycles. The van der Waals surface area contributed by atoms with Crippen LogP contribution in [0.2, 0.25) is 0 Å². The molecule has 0 unspecified atom stereocenters. The van der Waals surface area contributed by atoms with Crippen molar-refractivity contribution in [3.8, 4) is 0 Å². The van der Waals surface area contributed by atoms with Gasteiger partial charge in [0.2, 0.25) is 5.95 Å². The number of piperazine rings is 1. The van der Waals surface area contributed by atoms with Gasteiger partial charge in [-0.2, -0.15) is 0 Å². The molecule has 1 aromatic carbocycles. The maximum Gasteiger partial charge on any atom is 0.278 e. The molecule has 2 aliphatic heterocycles. The van der Waals surface area contributed by atoms with Gasteiger partial charge in [-0.05, 0) is 11.6 Å². The molecule has 0 radical (unpaired) electrons. The van der Waals surface area contributed by atoms with Crippen LogP contribution < -0.4 is 4.90 Å². The molecule has 0 bridgehead atoms. The van der Waals surface area contributed by atoms with E-state index in [0.29, 0.717) is 43.4 Å². The second-order valence-electron chi connectivity index (χ2n) is 6.62. The van der Waals surface area contributed by atoms with Gasteiger partial charge in [0, 0.05) is 45.1 Å². The van der Waals surface area contributed by atoms with Gasteiger partial charge in [0.05, 0.1) is 5.57 Å². The number of hydrogen-bond acceptors (Lipinski definition) is 6. The Morgan fingerprint density at radius 3 is 2.18 bits per heavy atom. The van der Waals surface area contributed by atoms with Crippen molar-refractivity contribution >= 4 is 23.3 Å². The maximum absolute atomic E-state index is 13.1. The van der Waals surface area contributed by atoms with Gasteiger partial charge in [0.15, 0.2) is 0 Å². The number of aromatic nitrogens is 2. The molecule has 28 heavy (non-hydrogen) atoms. The third kappa shape index (κ3) is 3.15. The Morgan fingerprint density at radius 1 is 0.893 bits per heavy atom. The van der Waals surface area contributed by atoms with Gasteiger partial charge < -0.3 is 9.80 Å². The van der Waals surface area contributed by atoms with Crippen LogP contribution in [0.3, 0.4) is 0 Å². The van der Waals surface area contributed by atoms with Gasteiger partial charge >= 0.3 is 0 Å². The number of amides is 2. The largest absolute Gasteiger partial charge is 0.363 e. The summed E-state index contributed by atoms with van der Waals surface area (Å²) in [5, 5.41) is 0. The van der Waals surface area contributed by atoms with E-state index in [-0.39, 0.29) is 18.4 Å². The minimum Gasteiger partial charge on any atom is -0.363 e. The van der Waals surface area contributed by atoms with Crippen molar-refractivity contribution in [2.45, 2.75) is 0 Å². The zero-order valence-electron chi connectivity index (χ0n) is 15.5. The van der Waals surface area contributed by atoms with Crippen LogP contribution in [0.5, 0.6) is 0 Å². The van der Waals surface area contributed by atoms with Crippen molar-refractivity contribution in [2.75, 3.05) is 37.6 Å². The summed E-state index contributed by atoms with van der Waals surface area (Å²) in [6.45, 7) is 6.47. The lowest BCUT2D eigenvalue weighted by Crippen LogP contribution is -2.48. The molecule has 0 atom stereocenters. The molecule has 0 spiro atoms. The van der Waals surface area contributed by atoms with Gasteiger partial charge in [-0.15, -0.1) is 6.58 Å². The van der Waals surface area contributed by atoms with Crippen LogP contribution in [0.25, 0.3) is 5.57 Å². The van der Waals surface area contributed by atoms with Gasteiger partial charge in [-0.1, -0.05) is 36.4 Å². The second kappa shape index (κ2) is 7.64. The highest BCUT2D eigenvalue weighted by molar-refractivity contribution is 6.35.